The van der Waals surface area contributed by atoms with Crippen LogP contribution in [-0.2, 0) is 5.41 Å². The van der Waals surface area contributed by atoms with Crippen molar-refractivity contribution in [1.29, 1.82) is 5.26 Å². The van der Waals surface area contributed by atoms with Gasteiger partial charge in [0.1, 0.15) is 0 Å². The van der Waals surface area contributed by atoms with E-state index in [1.807, 2.05) is 24.4 Å². The number of ether oxygens (including phenoxy) is 2. The molecule has 0 unspecified atom stereocenters. The second kappa shape index (κ2) is 9.60. The molecule has 0 aromatic heterocycles. The number of rotatable bonds is 5. The van der Waals surface area contributed by atoms with Crippen molar-refractivity contribution in [2.24, 2.45) is 4.99 Å². The van der Waals surface area contributed by atoms with E-state index >= 15 is 0 Å². The fraction of sp³-hybridized carbons (Fsp3) is 0.375. The monoisotopic (exact) mass is 433 g/mol. The lowest BCUT2D eigenvalue weighted by molar-refractivity contribution is 0.0934. The summed E-state index contributed by atoms with van der Waals surface area (Å²) in [6.07, 6.45) is 5.52. The van der Waals surface area contributed by atoms with E-state index in [1.54, 1.807) is 25.2 Å². The molecule has 1 aliphatic heterocycles. The molecule has 32 heavy (non-hydrogen) atoms. The van der Waals surface area contributed by atoms with Gasteiger partial charge in [0, 0.05) is 30.6 Å². The van der Waals surface area contributed by atoms with E-state index in [4.69, 9.17) is 14.7 Å². The molecule has 1 saturated carbocycles. The Morgan fingerprint density at radius 3 is 2.62 bits per heavy atom. The van der Waals surface area contributed by atoms with Gasteiger partial charge < -0.3 is 20.1 Å². The van der Waals surface area contributed by atoms with Crippen molar-refractivity contribution in [3.05, 3.63) is 59.7 Å². The van der Waals surface area contributed by atoms with Crippen LogP contribution in [0.15, 0.2) is 53.5 Å². The maximum Gasteiger partial charge on any atom is 0.251 e. The van der Waals surface area contributed by atoms with E-state index in [1.165, 1.54) is 5.56 Å². The van der Waals surface area contributed by atoms with Gasteiger partial charge in [0.15, 0.2) is 17.7 Å². The molecule has 8 heteroatoms. The fourth-order valence-electron chi connectivity index (χ4n) is 4.47. The normalized spacial score (nSPS) is 22.0. The molecule has 166 valence electrons. The summed E-state index contributed by atoms with van der Waals surface area (Å²) in [6.45, 7) is 0.725. The van der Waals surface area contributed by atoms with E-state index in [9.17, 15) is 4.79 Å². The summed E-state index contributed by atoms with van der Waals surface area (Å²) >= 11 is 0. The number of amides is 1. The highest BCUT2D eigenvalue weighted by Gasteiger charge is 2.37. The number of nitrogens with one attached hydrogen (secondary N) is 3. The lowest BCUT2D eigenvalue weighted by atomic mass is 9.68. The molecule has 8 nitrogen and oxygen atoms in total. The molecule has 2 aliphatic rings. The third kappa shape index (κ3) is 4.62. The summed E-state index contributed by atoms with van der Waals surface area (Å²) in [6, 6.07) is 15.8. The lowest BCUT2D eigenvalue weighted by Crippen LogP contribution is -2.49. The number of hydrogen-bond acceptors (Lipinski definition) is 5. The van der Waals surface area contributed by atoms with Gasteiger partial charge in [0.2, 0.25) is 12.8 Å². The zero-order valence-electron chi connectivity index (χ0n) is 18.1. The molecule has 2 aromatic rings. The fourth-order valence-corrected chi connectivity index (χ4v) is 4.47. The first kappa shape index (κ1) is 21.5. The highest BCUT2D eigenvalue weighted by Crippen LogP contribution is 2.39. The van der Waals surface area contributed by atoms with Crippen LogP contribution < -0.4 is 25.4 Å². The summed E-state index contributed by atoms with van der Waals surface area (Å²) in [5.74, 6) is 1.62. The molecule has 3 N–H and O–H groups in total. The van der Waals surface area contributed by atoms with Crippen LogP contribution in [0.5, 0.6) is 11.5 Å². The van der Waals surface area contributed by atoms with Crippen molar-refractivity contribution in [3.8, 4) is 17.7 Å². The van der Waals surface area contributed by atoms with E-state index < -0.39 is 0 Å². The number of nitriles is 1. The minimum Gasteiger partial charge on any atom is -0.454 e. The van der Waals surface area contributed by atoms with Gasteiger partial charge in [-0.05, 0) is 49.4 Å². The molecule has 0 bridgehead atoms. The van der Waals surface area contributed by atoms with Crippen LogP contribution in [0, 0.1) is 11.5 Å². The molecule has 1 heterocycles. The van der Waals surface area contributed by atoms with Crippen LogP contribution in [0.4, 0.5) is 0 Å². The molecule has 0 saturated heterocycles. The molecular formula is C24H27N5O3. The molecule has 2 aromatic carbocycles. The largest absolute Gasteiger partial charge is 0.454 e. The summed E-state index contributed by atoms with van der Waals surface area (Å²) < 4.78 is 10.7. The Bertz CT molecular complexity index is 1020. The van der Waals surface area contributed by atoms with Crippen LogP contribution in [0.3, 0.4) is 0 Å². The third-order valence-corrected chi connectivity index (χ3v) is 6.29. The predicted molar refractivity (Wildman–Crippen MR) is 121 cm³/mol. The van der Waals surface area contributed by atoms with Crippen LogP contribution in [0.2, 0.25) is 0 Å². The van der Waals surface area contributed by atoms with E-state index in [0.717, 1.165) is 25.7 Å². The molecule has 0 atom stereocenters. The molecule has 0 spiro atoms. The van der Waals surface area contributed by atoms with Gasteiger partial charge in [0.25, 0.3) is 5.91 Å². The number of carbonyl (C=O) groups is 1. The number of nitrogens with zero attached hydrogens (tertiary/aromatic N) is 2. The van der Waals surface area contributed by atoms with Crippen LogP contribution in [0.1, 0.15) is 41.6 Å². The molecule has 4 rings (SSSR count). The smallest absolute Gasteiger partial charge is 0.251 e. The SMILES string of the molecule is CN=C(NC#N)NC1CCC(CNC(=O)c2ccc3c(c2)OCO3)(c2ccccc2)CC1. The van der Waals surface area contributed by atoms with Gasteiger partial charge in [-0.25, -0.2) is 0 Å². The number of fused-ring (bicyclic) bond motifs is 1. The van der Waals surface area contributed by atoms with Crippen molar-refractivity contribution in [1.82, 2.24) is 16.0 Å². The Morgan fingerprint density at radius 2 is 1.91 bits per heavy atom. The number of guanidine groups is 1. The number of aliphatic imine (C=N–C) groups is 1. The number of benzene rings is 2. The van der Waals surface area contributed by atoms with Crippen LogP contribution in [0.25, 0.3) is 0 Å². The first-order valence-electron chi connectivity index (χ1n) is 10.8. The standard InChI is InChI=1S/C24H27N5O3/c1-26-23(28-15-25)29-19-9-11-24(12-10-19,18-5-3-2-4-6-18)14-27-22(30)17-7-8-20-21(13-17)32-16-31-20/h2-8,13,19H,9-12,14,16H2,1H3,(H,27,30)(H2,26,28,29). The zero-order valence-corrected chi connectivity index (χ0v) is 18.1. The number of hydrogen-bond donors (Lipinski definition) is 3. The van der Waals surface area contributed by atoms with Crippen LogP contribution >= 0.6 is 0 Å². The predicted octanol–water partition coefficient (Wildman–Crippen LogP) is 2.67. The van der Waals surface area contributed by atoms with E-state index in [0.29, 0.717) is 29.6 Å². The van der Waals surface area contributed by atoms with Gasteiger partial charge in [-0.3, -0.25) is 15.1 Å². The first-order valence-corrected chi connectivity index (χ1v) is 10.8. The molecule has 1 aliphatic carbocycles. The third-order valence-electron chi connectivity index (χ3n) is 6.29. The second-order valence-corrected chi connectivity index (χ2v) is 8.12. The van der Waals surface area contributed by atoms with E-state index in [2.05, 4.69) is 33.1 Å². The van der Waals surface area contributed by atoms with Gasteiger partial charge in [-0.15, -0.1) is 0 Å². The maximum absolute atomic E-state index is 12.9. The topological polar surface area (TPSA) is 108 Å². The summed E-state index contributed by atoms with van der Waals surface area (Å²) in [5, 5.41) is 17.9. The summed E-state index contributed by atoms with van der Waals surface area (Å²) in [5.41, 5.74) is 1.63. The Morgan fingerprint density at radius 1 is 1.16 bits per heavy atom. The van der Waals surface area contributed by atoms with Crippen molar-refractivity contribution < 1.29 is 14.3 Å². The molecule has 1 fully saturated rings. The highest BCUT2D eigenvalue weighted by atomic mass is 16.7. The van der Waals surface area contributed by atoms with Crippen molar-refractivity contribution in [2.75, 3.05) is 20.4 Å². The van der Waals surface area contributed by atoms with Crippen molar-refractivity contribution >= 4 is 11.9 Å². The van der Waals surface area contributed by atoms with Gasteiger partial charge in [-0.1, -0.05) is 30.3 Å². The van der Waals surface area contributed by atoms with Crippen molar-refractivity contribution in [2.45, 2.75) is 37.1 Å². The summed E-state index contributed by atoms with van der Waals surface area (Å²) in [7, 11) is 1.65. The first-order chi connectivity index (χ1) is 15.6. The van der Waals surface area contributed by atoms with E-state index in [-0.39, 0.29) is 24.2 Å². The average molecular weight is 434 g/mol. The van der Waals surface area contributed by atoms with Gasteiger partial charge in [0.05, 0.1) is 0 Å². The zero-order chi connectivity index (χ0) is 22.4. The average Bonchev–Trinajstić information content (AvgIpc) is 3.32. The second-order valence-electron chi connectivity index (χ2n) is 8.12. The Hall–Kier alpha value is -3.73. The Labute approximate surface area is 187 Å². The maximum atomic E-state index is 12.9. The molecule has 0 radical (unpaired) electrons. The van der Waals surface area contributed by atoms with Crippen LogP contribution in [-0.4, -0.2) is 38.3 Å². The molecule has 1 amide bonds. The number of carbonyl (C=O) groups excluding carboxylic acids is 1. The van der Waals surface area contributed by atoms with Gasteiger partial charge >= 0.3 is 0 Å². The summed E-state index contributed by atoms with van der Waals surface area (Å²) in [4.78, 5) is 17.0. The lowest BCUT2D eigenvalue weighted by Gasteiger charge is -2.41. The highest BCUT2D eigenvalue weighted by molar-refractivity contribution is 5.95. The molecular weight excluding hydrogens is 406 g/mol. The Kier molecular flexibility index (Phi) is 6.45. The Balaban J connectivity index is 1.45. The van der Waals surface area contributed by atoms with Crippen molar-refractivity contribution in [3.63, 3.8) is 0 Å². The minimum absolute atomic E-state index is 0.127. The minimum atomic E-state index is -0.155. The quantitative estimate of drug-likeness (QED) is 0.290. The van der Waals surface area contributed by atoms with Gasteiger partial charge in [-0.2, -0.15) is 5.26 Å².